The van der Waals surface area contributed by atoms with Gasteiger partial charge in [-0.15, -0.1) is 0 Å². The zero-order valence-corrected chi connectivity index (χ0v) is 15.7. The number of alkyl carbamates (subject to hydrolysis) is 1. The maximum Gasteiger partial charge on any atom is 0.407 e. The molecule has 0 aliphatic heterocycles. The average Bonchev–Trinajstić information content (AvgIpc) is 2.54. The van der Waals surface area contributed by atoms with E-state index in [0.29, 0.717) is 18.5 Å². The highest BCUT2D eigenvalue weighted by Gasteiger charge is 2.26. The Hall–Kier alpha value is -2.50. The Morgan fingerprint density at radius 3 is 2.42 bits per heavy atom. The third kappa shape index (κ3) is 6.78. The second kappa shape index (κ2) is 8.74. The average molecular weight is 360 g/mol. The summed E-state index contributed by atoms with van der Waals surface area (Å²) in [6.07, 6.45) is 5.47. The number of nitrogens with two attached hydrogens (primary N) is 1. The fourth-order valence-electron chi connectivity index (χ4n) is 2.82. The van der Waals surface area contributed by atoms with Crippen LogP contribution in [0.1, 0.15) is 52.0 Å². The summed E-state index contributed by atoms with van der Waals surface area (Å²) in [5, 5.41) is 2.87. The quantitative estimate of drug-likeness (QED) is 0.486. The summed E-state index contributed by atoms with van der Waals surface area (Å²) in [6, 6.07) is 7.38. The fourth-order valence-corrected chi connectivity index (χ4v) is 2.82. The van der Waals surface area contributed by atoms with Gasteiger partial charge in [0.05, 0.1) is 0 Å². The van der Waals surface area contributed by atoms with E-state index in [1.807, 2.05) is 39.0 Å². The van der Waals surface area contributed by atoms with Crippen LogP contribution in [0.15, 0.2) is 30.3 Å². The van der Waals surface area contributed by atoms with Crippen molar-refractivity contribution in [2.75, 3.05) is 5.73 Å². The number of ether oxygens (including phenoxy) is 2. The lowest BCUT2D eigenvalue weighted by Gasteiger charge is -2.29. The second-order valence-corrected chi connectivity index (χ2v) is 7.52. The molecule has 142 valence electrons. The first-order valence-corrected chi connectivity index (χ1v) is 8.95. The first-order valence-electron chi connectivity index (χ1n) is 8.95. The number of carbonyl (C=O) groups excluding carboxylic acids is 2. The number of para-hydroxylation sites is 1. The van der Waals surface area contributed by atoms with Crippen LogP contribution in [-0.4, -0.2) is 29.8 Å². The molecule has 1 fully saturated rings. The van der Waals surface area contributed by atoms with E-state index in [-0.39, 0.29) is 18.1 Å². The van der Waals surface area contributed by atoms with Gasteiger partial charge in [-0.2, -0.15) is 0 Å². The SMILES string of the molecule is CC(C)(C)OC(=O)NC1CCC(OC(=O)/C=C/c2ccccc2N)CC1. The first-order chi connectivity index (χ1) is 12.2. The van der Waals surface area contributed by atoms with Crippen LogP contribution in [0.5, 0.6) is 0 Å². The third-order valence-corrected chi connectivity index (χ3v) is 4.07. The number of nitrogens with one attached hydrogen (secondary N) is 1. The minimum absolute atomic E-state index is 0.0551. The molecular formula is C20H28N2O4. The molecule has 0 atom stereocenters. The molecule has 1 saturated carbocycles. The number of hydrogen-bond donors (Lipinski definition) is 2. The number of anilines is 1. The van der Waals surface area contributed by atoms with Gasteiger partial charge in [0.25, 0.3) is 0 Å². The Morgan fingerprint density at radius 1 is 1.15 bits per heavy atom. The van der Waals surface area contributed by atoms with Crippen LogP contribution in [0.4, 0.5) is 10.5 Å². The van der Waals surface area contributed by atoms with Gasteiger partial charge in [0.2, 0.25) is 0 Å². The fraction of sp³-hybridized carbons (Fsp3) is 0.500. The van der Waals surface area contributed by atoms with Crippen LogP contribution in [0.2, 0.25) is 0 Å². The Morgan fingerprint density at radius 2 is 1.81 bits per heavy atom. The van der Waals surface area contributed by atoms with Crippen LogP contribution in [-0.2, 0) is 14.3 Å². The summed E-state index contributed by atoms with van der Waals surface area (Å²) in [4.78, 5) is 23.8. The number of rotatable bonds is 4. The van der Waals surface area contributed by atoms with Crippen molar-refractivity contribution in [1.29, 1.82) is 0 Å². The zero-order chi connectivity index (χ0) is 19.2. The minimum Gasteiger partial charge on any atom is -0.459 e. The van der Waals surface area contributed by atoms with Gasteiger partial charge >= 0.3 is 12.1 Å². The van der Waals surface area contributed by atoms with Gasteiger partial charge in [0.15, 0.2) is 0 Å². The van der Waals surface area contributed by atoms with Crippen molar-refractivity contribution < 1.29 is 19.1 Å². The molecule has 6 nitrogen and oxygen atoms in total. The van der Waals surface area contributed by atoms with Crippen molar-refractivity contribution in [3.05, 3.63) is 35.9 Å². The molecule has 0 heterocycles. The molecule has 0 aromatic heterocycles. The molecule has 0 radical (unpaired) electrons. The van der Waals surface area contributed by atoms with Gasteiger partial charge in [-0.05, 0) is 64.2 Å². The summed E-state index contributed by atoms with van der Waals surface area (Å²) >= 11 is 0. The van der Waals surface area contributed by atoms with Gasteiger partial charge in [-0.3, -0.25) is 0 Å². The van der Waals surface area contributed by atoms with Crippen LogP contribution in [0.3, 0.4) is 0 Å². The van der Waals surface area contributed by atoms with E-state index in [4.69, 9.17) is 15.2 Å². The molecule has 1 aliphatic carbocycles. The number of carbonyl (C=O) groups is 2. The molecule has 1 amide bonds. The van der Waals surface area contributed by atoms with Crippen LogP contribution >= 0.6 is 0 Å². The number of hydrogen-bond acceptors (Lipinski definition) is 5. The molecule has 3 N–H and O–H groups in total. The summed E-state index contributed by atoms with van der Waals surface area (Å²) in [5.41, 5.74) is 6.73. The van der Waals surface area contributed by atoms with Crippen molar-refractivity contribution in [2.45, 2.75) is 64.2 Å². The second-order valence-electron chi connectivity index (χ2n) is 7.52. The van der Waals surface area contributed by atoms with E-state index in [1.54, 1.807) is 12.1 Å². The lowest BCUT2D eigenvalue weighted by Crippen LogP contribution is -2.42. The van der Waals surface area contributed by atoms with E-state index in [9.17, 15) is 9.59 Å². The largest absolute Gasteiger partial charge is 0.459 e. The van der Waals surface area contributed by atoms with Crippen LogP contribution < -0.4 is 11.1 Å². The predicted molar refractivity (Wildman–Crippen MR) is 101 cm³/mol. The molecule has 0 saturated heterocycles. The van der Waals surface area contributed by atoms with Gasteiger partial charge in [-0.1, -0.05) is 18.2 Å². The summed E-state index contributed by atoms with van der Waals surface area (Å²) in [7, 11) is 0. The van der Waals surface area contributed by atoms with Crippen molar-refractivity contribution in [3.8, 4) is 0 Å². The minimum atomic E-state index is -0.509. The highest BCUT2D eigenvalue weighted by molar-refractivity contribution is 5.88. The summed E-state index contributed by atoms with van der Waals surface area (Å²) in [5.74, 6) is -0.378. The zero-order valence-electron chi connectivity index (χ0n) is 15.7. The van der Waals surface area contributed by atoms with Crippen molar-refractivity contribution >= 4 is 23.8 Å². The molecule has 1 aliphatic rings. The number of benzene rings is 1. The Bertz CT molecular complexity index is 656. The summed E-state index contributed by atoms with van der Waals surface area (Å²) < 4.78 is 10.7. The highest BCUT2D eigenvalue weighted by atomic mass is 16.6. The summed E-state index contributed by atoms with van der Waals surface area (Å²) in [6.45, 7) is 5.50. The molecule has 1 aromatic carbocycles. The highest BCUT2D eigenvalue weighted by Crippen LogP contribution is 2.22. The standard InChI is InChI=1S/C20H28N2O4/c1-20(2,3)26-19(24)22-15-9-11-16(12-10-15)25-18(23)13-8-14-6-4-5-7-17(14)21/h4-8,13,15-16H,9-12,21H2,1-3H3,(H,22,24)/b13-8+. The third-order valence-electron chi connectivity index (χ3n) is 4.07. The van der Waals surface area contributed by atoms with Gasteiger partial charge < -0.3 is 20.5 Å². The van der Waals surface area contributed by atoms with Crippen LogP contribution in [0.25, 0.3) is 6.08 Å². The Kier molecular flexibility index (Phi) is 6.66. The van der Waals surface area contributed by atoms with Gasteiger partial charge in [0, 0.05) is 17.8 Å². The van der Waals surface area contributed by atoms with Crippen molar-refractivity contribution in [2.24, 2.45) is 0 Å². The monoisotopic (exact) mass is 360 g/mol. The van der Waals surface area contributed by atoms with Gasteiger partial charge in [-0.25, -0.2) is 9.59 Å². The smallest absolute Gasteiger partial charge is 0.407 e. The maximum atomic E-state index is 12.0. The Balaban J connectivity index is 1.74. The molecule has 0 bridgehead atoms. The van der Waals surface area contributed by atoms with E-state index < -0.39 is 11.7 Å². The normalized spacial score (nSPS) is 20.6. The molecule has 26 heavy (non-hydrogen) atoms. The number of nitrogen functional groups attached to an aromatic ring is 1. The van der Waals surface area contributed by atoms with Crippen molar-refractivity contribution in [1.82, 2.24) is 5.32 Å². The topological polar surface area (TPSA) is 90.6 Å². The lowest BCUT2D eigenvalue weighted by atomic mass is 9.93. The Labute approximate surface area is 154 Å². The van der Waals surface area contributed by atoms with E-state index >= 15 is 0 Å². The lowest BCUT2D eigenvalue weighted by molar-refractivity contribution is -0.144. The molecule has 2 rings (SSSR count). The van der Waals surface area contributed by atoms with Crippen LogP contribution in [0, 0.1) is 0 Å². The predicted octanol–water partition coefficient (Wildman–Crippen LogP) is 3.66. The number of amides is 1. The molecular weight excluding hydrogens is 332 g/mol. The molecule has 0 spiro atoms. The van der Waals surface area contributed by atoms with Gasteiger partial charge in [0.1, 0.15) is 11.7 Å². The number of esters is 1. The van der Waals surface area contributed by atoms with E-state index in [0.717, 1.165) is 18.4 Å². The van der Waals surface area contributed by atoms with E-state index in [1.165, 1.54) is 6.08 Å². The molecule has 6 heteroatoms. The van der Waals surface area contributed by atoms with Crippen molar-refractivity contribution in [3.63, 3.8) is 0 Å². The first kappa shape index (κ1) is 19.8. The maximum absolute atomic E-state index is 12.0. The molecule has 0 unspecified atom stereocenters. The molecule has 1 aromatic rings. The van der Waals surface area contributed by atoms with E-state index in [2.05, 4.69) is 5.32 Å².